The Morgan fingerprint density at radius 3 is 2.65 bits per heavy atom. The van der Waals surface area contributed by atoms with Crippen LogP contribution < -0.4 is 11.1 Å². The standard InChI is InChI=1S/C14H13Br2N3O/c1-8-4-2-3-5-11(8)19-13(14(17)20)12-10(16)6-9(15)7-18-12/h2-7,13,19H,1H3,(H2,17,20). The number of benzene rings is 1. The number of carbonyl (C=O) groups is 1. The molecule has 0 bridgehead atoms. The lowest BCUT2D eigenvalue weighted by molar-refractivity contribution is -0.118. The van der Waals surface area contributed by atoms with Gasteiger partial charge in [-0.15, -0.1) is 0 Å². The zero-order valence-corrected chi connectivity index (χ0v) is 13.9. The fraction of sp³-hybridized carbons (Fsp3) is 0.143. The van der Waals surface area contributed by atoms with Crippen LogP contribution in [0.3, 0.4) is 0 Å². The summed E-state index contributed by atoms with van der Waals surface area (Å²) in [6, 6.07) is 8.84. The van der Waals surface area contributed by atoms with Crippen molar-refractivity contribution >= 4 is 43.5 Å². The van der Waals surface area contributed by atoms with Crippen LogP contribution in [0.1, 0.15) is 17.3 Å². The molecule has 6 heteroatoms. The normalized spacial score (nSPS) is 11.9. The number of aryl methyl sites for hydroxylation is 1. The first-order chi connectivity index (χ1) is 9.49. The second-order valence-corrected chi connectivity index (χ2v) is 6.09. The van der Waals surface area contributed by atoms with Crippen LogP contribution in [0.25, 0.3) is 0 Å². The molecule has 0 aliphatic heterocycles. The van der Waals surface area contributed by atoms with E-state index in [-0.39, 0.29) is 0 Å². The zero-order valence-electron chi connectivity index (χ0n) is 10.7. The molecule has 0 saturated carbocycles. The van der Waals surface area contributed by atoms with Gasteiger partial charge in [-0.3, -0.25) is 9.78 Å². The number of aromatic nitrogens is 1. The molecule has 1 aromatic heterocycles. The maximum atomic E-state index is 11.7. The first-order valence-corrected chi connectivity index (χ1v) is 7.50. The van der Waals surface area contributed by atoms with E-state index in [0.717, 1.165) is 20.2 Å². The van der Waals surface area contributed by atoms with Gasteiger partial charge in [-0.2, -0.15) is 0 Å². The van der Waals surface area contributed by atoms with Crippen molar-refractivity contribution in [2.24, 2.45) is 5.73 Å². The van der Waals surface area contributed by atoms with Gasteiger partial charge in [0.1, 0.15) is 6.04 Å². The Labute approximate surface area is 134 Å². The minimum atomic E-state index is -0.696. The number of nitrogens with two attached hydrogens (primary N) is 1. The molecule has 0 spiro atoms. The van der Waals surface area contributed by atoms with Crippen molar-refractivity contribution < 1.29 is 4.79 Å². The highest BCUT2D eigenvalue weighted by molar-refractivity contribution is 9.11. The predicted octanol–water partition coefficient (Wildman–Crippen LogP) is 3.55. The van der Waals surface area contributed by atoms with E-state index in [0.29, 0.717) is 5.69 Å². The Morgan fingerprint density at radius 1 is 1.35 bits per heavy atom. The summed E-state index contributed by atoms with van der Waals surface area (Å²) in [6.45, 7) is 1.96. The maximum Gasteiger partial charge on any atom is 0.246 e. The van der Waals surface area contributed by atoms with Gasteiger partial charge in [0.2, 0.25) is 5.91 Å². The number of halogens is 2. The van der Waals surface area contributed by atoms with Crippen LogP contribution in [0.2, 0.25) is 0 Å². The van der Waals surface area contributed by atoms with Gasteiger partial charge in [-0.1, -0.05) is 18.2 Å². The van der Waals surface area contributed by atoms with Crippen LogP contribution in [0.4, 0.5) is 5.69 Å². The van der Waals surface area contributed by atoms with Crippen LogP contribution in [-0.2, 0) is 4.79 Å². The van der Waals surface area contributed by atoms with Gasteiger partial charge in [0.05, 0.1) is 5.69 Å². The molecule has 1 unspecified atom stereocenters. The van der Waals surface area contributed by atoms with Crippen LogP contribution in [0, 0.1) is 6.92 Å². The smallest absolute Gasteiger partial charge is 0.246 e. The molecule has 1 amide bonds. The lowest BCUT2D eigenvalue weighted by Crippen LogP contribution is -2.29. The molecule has 1 atom stereocenters. The van der Waals surface area contributed by atoms with E-state index in [9.17, 15) is 4.79 Å². The van der Waals surface area contributed by atoms with Gasteiger partial charge in [0.25, 0.3) is 0 Å². The predicted molar refractivity (Wildman–Crippen MR) is 86.4 cm³/mol. The van der Waals surface area contributed by atoms with Crippen molar-refractivity contribution in [1.29, 1.82) is 0 Å². The summed E-state index contributed by atoms with van der Waals surface area (Å²) in [6.07, 6.45) is 1.63. The van der Waals surface area contributed by atoms with Crippen molar-refractivity contribution in [3.8, 4) is 0 Å². The topological polar surface area (TPSA) is 68.0 Å². The highest BCUT2D eigenvalue weighted by Crippen LogP contribution is 2.28. The number of carbonyl (C=O) groups excluding carboxylic acids is 1. The molecule has 2 rings (SSSR count). The third-order valence-electron chi connectivity index (χ3n) is 2.84. The number of nitrogens with zero attached hydrogens (tertiary/aromatic N) is 1. The molecule has 2 aromatic rings. The molecule has 3 N–H and O–H groups in total. The van der Waals surface area contributed by atoms with E-state index < -0.39 is 11.9 Å². The second-order valence-electron chi connectivity index (χ2n) is 4.32. The SMILES string of the molecule is Cc1ccccc1NC(C(N)=O)c1ncc(Br)cc1Br. The average Bonchev–Trinajstić information content (AvgIpc) is 2.38. The van der Waals surface area contributed by atoms with E-state index in [4.69, 9.17) is 5.73 Å². The van der Waals surface area contributed by atoms with Crippen molar-refractivity contribution in [2.45, 2.75) is 13.0 Å². The number of hydrogen-bond donors (Lipinski definition) is 2. The summed E-state index contributed by atoms with van der Waals surface area (Å²) in [5.41, 5.74) is 7.95. The quantitative estimate of drug-likeness (QED) is 0.827. The number of nitrogens with one attached hydrogen (secondary N) is 1. The minimum Gasteiger partial charge on any atom is -0.369 e. The molecule has 0 aliphatic carbocycles. The number of anilines is 1. The Hall–Kier alpha value is -1.40. The molecule has 20 heavy (non-hydrogen) atoms. The molecule has 0 radical (unpaired) electrons. The minimum absolute atomic E-state index is 0.483. The Kier molecular flexibility index (Phi) is 4.77. The molecule has 4 nitrogen and oxygen atoms in total. The maximum absolute atomic E-state index is 11.7. The monoisotopic (exact) mass is 397 g/mol. The summed E-state index contributed by atoms with van der Waals surface area (Å²) in [7, 11) is 0. The fourth-order valence-corrected chi connectivity index (χ4v) is 3.02. The zero-order chi connectivity index (χ0) is 14.7. The van der Waals surface area contributed by atoms with Gasteiger partial charge in [0, 0.05) is 20.8 Å². The lowest BCUT2D eigenvalue weighted by atomic mass is 10.1. The highest BCUT2D eigenvalue weighted by atomic mass is 79.9. The van der Waals surface area contributed by atoms with Crippen molar-refractivity contribution in [3.63, 3.8) is 0 Å². The summed E-state index contributed by atoms with van der Waals surface area (Å²) < 4.78 is 1.55. The van der Waals surface area contributed by atoms with E-state index in [2.05, 4.69) is 42.2 Å². The van der Waals surface area contributed by atoms with E-state index in [1.807, 2.05) is 37.3 Å². The molecule has 1 aromatic carbocycles. The van der Waals surface area contributed by atoms with E-state index in [1.165, 1.54) is 0 Å². The first-order valence-electron chi connectivity index (χ1n) is 5.91. The Balaban J connectivity index is 2.37. The van der Waals surface area contributed by atoms with Crippen LogP contribution >= 0.6 is 31.9 Å². The van der Waals surface area contributed by atoms with Crippen LogP contribution in [0.5, 0.6) is 0 Å². The largest absolute Gasteiger partial charge is 0.369 e. The number of rotatable bonds is 4. The molecular formula is C14H13Br2N3O. The average molecular weight is 399 g/mol. The number of primary amides is 1. The Bertz CT molecular complexity index is 646. The Morgan fingerprint density at radius 2 is 2.05 bits per heavy atom. The second kappa shape index (κ2) is 6.37. The van der Waals surface area contributed by atoms with Crippen molar-refractivity contribution in [2.75, 3.05) is 5.32 Å². The van der Waals surface area contributed by atoms with Gasteiger partial charge in [0.15, 0.2) is 0 Å². The summed E-state index contributed by atoms with van der Waals surface area (Å²) in [5.74, 6) is -0.483. The third kappa shape index (κ3) is 3.37. The molecule has 0 fully saturated rings. The number of hydrogen-bond acceptors (Lipinski definition) is 3. The molecule has 1 heterocycles. The van der Waals surface area contributed by atoms with Crippen LogP contribution in [0.15, 0.2) is 45.5 Å². The summed E-state index contributed by atoms with van der Waals surface area (Å²) in [5, 5.41) is 3.14. The van der Waals surface area contributed by atoms with Crippen molar-refractivity contribution in [3.05, 3.63) is 56.7 Å². The van der Waals surface area contributed by atoms with Gasteiger partial charge in [-0.25, -0.2) is 0 Å². The van der Waals surface area contributed by atoms with Gasteiger partial charge in [-0.05, 0) is 56.5 Å². The van der Waals surface area contributed by atoms with E-state index in [1.54, 1.807) is 6.20 Å². The first kappa shape index (κ1) is 15.0. The van der Waals surface area contributed by atoms with Gasteiger partial charge >= 0.3 is 0 Å². The lowest BCUT2D eigenvalue weighted by Gasteiger charge is -2.19. The van der Waals surface area contributed by atoms with E-state index >= 15 is 0 Å². The number of amides is 1. The molecular weight excluding hydrogens is 386 g/mol. The van der Waals surface area contributed by atoms with Crippen LogP contribution in [-0.4, -0.2) is 10.9 Å². The third-order valence-corrected chi connectivity index (χ3v) is 3.91. The molecule has 0 saturated heterocycles. The number of pyridine rings is 1. The number of para-hydroxylation sites is 1. The molecule has 104 valence electrons. The highest BCUT2D eigenvalue weighted by Gasteiger charge is 2.22. The molecule has 0 aliphatic rings. The summed E-state index contributed by atoms with van der Waals surface area (Å²) >= 11 is 6.74. The van der Waals surface area contributed by atoms with Gasteiger partial charge < -0.3 is 11.1 Å². The fourth-order valence-electron chi connectivity index (χ4n) is 1.80. The van der Waals surface area contributed by atoms with Crippen molar-refractivity contribution in [1.82, 2.24) is 4.98 Å². The summed E-state index contributed by atoms with van der Waals surface area (Å²) in [4.78, 5) is 16.0.